The van der Waals surface area contributed by atoms with Gasteiger partial charge >= 0.3 is 0 Å². The highest BCUT2D eigenvalue weighted by molar-refractivity contribution is 6.30. The molecule has 0 radical (unpaired) electrons. The number of rotatable bonds is 6. The van der Waals surface area contributed by atoms with E-state index < -0.39 is 0 Å². The number of aryl methyl sites for hydroxylation is 1. The molecule has 5 nitrogen and oxygen atoms in total. The molecule has 2 amide bonds. The van der Waals surface area contributed by atoms with Gasteiger partial charge in [-0.15, -0.1) is 0 Å². The topological polar surface area (TPSA) is 52.7 Å². The van der Waals surface area contributed by atoms with Crippen LogP contribution in [0, 0.1) is 12.8 Å². The van der Waals surface area contributed by atoms with Gasteiger partial charge in [-0.1, -0.05) is 54.3 Å². The fraction of sp³-hybridized carbons (Fsp3) is 0.462. The summed E-state index contributed by atoms with van der Waals surface area (Å²) in [5.41, 5.74) is 2.98. The van der Waals surface area contributed by atoms with Gasteiger partial charge in [0.05, 0.1) is 6.04 Å². The van der Waals surface area contributed by atoms with E-state index in [-0.39, 0.29) is 17.9 Å². The number of carbonyl (C=O) groups is 2. The molecule has 2 aliphatic rings. The van der Waals surface area contributed by atoms with Crippen molar-refractivity contribution in [2.75, 3.05) is 26.2 Å². The molecule has 2 aromatic rings. The predicted molar refractivity (Wildman–Crippen MR) is 128 cm³/mol. The minimum absolute atomic E-state index is 0.0302. The lowest BCUT2D eigenvalue weighted by Crippen LogP contribution is -2.57. The zero-order valence-corrected chi connectivity index (χ0v) is 19.5. The number of carbonyl (C=O) groups excluding carboxylic acids is 2. The number of halogens is 1. The molecule has 1 atom stereocenters. The highest BCUT2D eigenvalue weighted by Crippen LogP contribution is 2.31. The Hall–Kier alpha value is -2.37. The first kappa shape index (κ1) is 22.8. The third kappa shape index (κ3) is 5.51. The Morgan fingerprint density at radius 3 is 2.38 bits per heavy atom. The summed E-state index contributed by atoms with van der Waals surface area (Å²) in [7, 11) is 0. The third-order valence-electron chi connectivity index (χ3n) is 6.75. The highest BCUT2D eigenvalue weighted by atomic mass is 35.5. The summed E-state index contributed by atoms with van der Waals surface area (Å²) in [6.07, 6.45) is 4.60. The van der Waals surface area contributed by atoms with Crippen molar-refractivity contribution in [3.8, 4) is 0 Å². The molecule has 0 unspecified atom stereocenters. The number of nitrogens with one attached hydrogen (secondary N) is 1. The van der Waals surface area contributed by atoms with Crippen molar-refractivity contribution in [1.82, 2.24) is 15.1 Å². The van der Waals surface area contributed by atoms with E-state index in [2.05, 4.69) is 35.3 Å². The second-order valence-electron chi connectivity index (χ2n) is 9.03. The van der Waals surface area contributed by atoms with Crippen LogP contribution in [0.25, 0.3) is 0 Å². The van der Waals surface area contributed by atoms with Gasteiger partial charge in [0.2, 0.25) is 5.91 Å². The summed E-state index contributed by atoms with van der Waals surface area (Å²) in [5.74, 6) is 0.546. The second kappa shape index (κ2) is 10.5. The number of hydrogen-bond acceptors (Lipinski definition) is 3. The van der Waals surface area contributed by atoms with E-state index in [9.17, 15) is 9.59 Å². The van der Waals surface area contributed by atoms with Crippen molar-refractivity contribution in [1.29, 1.82) is 0 Å². The maximum atomic E-state index is 13.3. The molecule has 1 aliphatic carbocycles. The highest BCUT2D eigenvalue weighted by Gasteiger charge is 2.37. The van der Waals surface area contributed by atoms with Crippen LogP contribution in [0.15, 0.2) is 48.5 Å². The van der Waals surface area contributed by atoms with Crippen LogP contribution >= 0.6 is 11.6 Å². The minimum Gasteiger partial charge on any atom is -0.351 e. The maximum Gasteiger partial charge on any atom is 0.253 e. The van der Waals surface area contributed by atoms with Gasteiger partial charge in [0.25, 0.3) is 5.91 Å². The normalized spacial score (nSPS) is 18.5. The van der Waals surface area contributed by atoms with Crippen LogP contribution in [0.1, 0.15) is 47.2 Å². The summed E-state index contributed by atoms with van der Waals surface area (Å²) in [5, 5.41) is 3.82. The van der Waals surface area contributed by atoms with Crippen LogP contribution in [0.3, 0.4) is 0 Å². The van der Waals surface area contributed by atoms with E-state index in [1.54, 1.807) is 24.3 Å². The first-order valence-electron chi connectivity index (χ1n) is 11.6. The van der Waals surface area contributed by atoms with Crippen LogP contribution in [0.5, 0.6) is 0 Å². The number of benzene rings is 2. The van der Waals surface area contributed by atoms with Gasteiger partial charge in [0.15, 0.2) is 0 Å². The van der Waals surface area contributed by atoms with Gasteiger partial charge < -0.3 is 10.2 Å². The molecule has 1 aliphatic heterocycles. The molecule has 4 rings (SSSR count). The molecule has 0 aromatic heterocycles. The average Bonchev–Trinajstić information content (AvgIpc) is 3.33. The average molecular weight is 454 g/mol. The van der Waals surface area contributed by atoms with Crippen molar-refractivity contribution in [2.24, 2.45) is 5.92 Å². The van der Waals surface area contributed by atoms with Crippen molar-refractivity contribution >= 4 is 23.4 Å². The van der Waals surface area contributed by atoms with Crippen LogP contribution in [0.4, 0.5) is 0 Å². The Bertz CT molecular complexity index is 932. The largest absolute Gasteiger partial charge is 0.351 e. The van der Waals surface area contributed by atoms with E-state index in [1.165, 1.54) is 18.4 Å². The van der Waals surface area contributed by atoms with Crippen molar-refractivity contribution in [3.63, 3.8) is 0 Å². The zero-order valence-electron chi connectivity index (χ0n) is 18.7. The monoisotopic (exact) mass is 453 g/mol. The number of piperazine rings is 1. The van der Waals surface area contributed by atoms with E-state index in [1.807, 2.05) is 11.0 Å². The van der Waals surface area contributed by atoms with E-state index in [0.717, 1.165) is 31.5 Å². The van der Waals surface area contributed by atoms with Crippen LogP contribution in [-0.4, -0.2) is 53.8 Å². The molecule has 1 heterocycles. The van der Waals surface area contributed by atoms with Crippen molar-refractivity contribution < 1.29 is 9.59 Å². The Morgan fingerprint density at radius 2 is 1.72 bits per heavy atom. The van der Waals surface area contributed by atoms with Gasteiger partial charge in [0, 0.05) is 43.3 Å². The molecule has 2 aromatic carbocycles. The number of amides is 2. The molecular formula is C26H32ClN3O2. The molecule has 1 saturated heterocycles. The molecule has 0 spiro atoms. The summed E-state index contributed by atoms with van der Waals surface area (Å²) in [4.78, 5) is 30.3. The number of hydrogen-bond donors (Lipinski definition) is 1. The maximum absolute atomic E-state index is 13.3. The second-order valence-corrected chi connectivity index (χ2v) is 9.47. The van der Waals surface area contributed by atoms with Gasteiger partial charge in [-0.05, 0) is 55.5 Å². The standard InChI is InChI=1S/C26H32ClN3O2/c1-19-5-4-6-20(17-19)18-28-25(31)24(21-7-2-3-8-21)29-13-15-30(16-14-29)26(32)22-9-11-23(27)12-10-22/h4-6,9-12,17,21,24H,2-3,7-8,13-16,18H2,1H3,(H,28,31)/t24-/m1/s1. The molecule has 170 valence electrons. The SMILES string of the molecule is Cc1cccc(CNC(=O)[C@@H](C2CCCC2)N2CCN(C(=O)c3ccc(Cl)cc3)CC2)c1. The van der Waals surface area contributed by atoms with E-state index >= 15 is 0 Å². The van der Waals surface area contributed by atoms with Crippen molar-refractivity contribution in [2.45, 2.75) is 45.2 Å². The Balaban J connectivity index is 1.38. The summed E-state index contributed by atoms with van der Waals surface area (Å²) >= 11 is 5.95. The lowest BCUT2D eigenvalue weighted by atomic mass is 9.94. The molecule has 32 heavy (non-hydrogen) atoms. The molecule has 6 heteroatoms. The van der Waals surface area contributed by atoms with Crippen LogP contribution in [0.2, 0.25) is 5.02 Å². The van der Waals surface area contributed by atoms with Crippen LogP contribution in [-0.2, 0) is 11.3 Å². The molecule has 1 saturated carbocycles. The lowest BCUT2D eigenvalue weighted by Gasteiger charge is -2.40. The lowest BCUT2D eigenvalue weighted by molar-refractivity contribution is -0.129. The summed E-state index contributed by atoms with van der Waals surface area (Å²) < 4.78 is 0. The van der Waals surface area contributed by atoms with E-state index in [4.69, 9.17) is 11.6 Å². The third-order valence-corrected chi connectivity index (χ3v) is 7.00. The number of nitrogens with zero attached hydrogens (tertiary/aromatic N) is 2. The Kier molecular flexibility index (Phi) is 7.48. The Morgan fingerprint density at radius 1 is 1.03 bits per heavy atom. The van der Waals surface area contributed by atoms with Gasteiger partial charge in [-0.25, -0.2) is 0 Å². The quantitative estimate of drug-likeness (QED) is 0.710. The fourth-order valence-corrected chi connectivity index (χ4v) is 5.17. The first-order chi connectivity index (χ1) is 15.5. The molecular weight excluding hydrogens is 422 g/mol. The predicted octanol–water partition coefficient (Wildman–Crippen LogP) is 4.28. The van der Waals surface area contributed by atoms with Gasteiger partial charge in [-0.2, -0.15) is 0 Å². The zero-order chi connectivity index (χ0) is 22.5. The first-order valence-corrected chi connectivity index (χ1v) is 12.0. The fourth-order valence-electron chi connectivity index (χ4n) is 5.05. The van der Waals surface area contributed by atoms with Gasteiger partial charge in [0.1, 0.15) is 0 Å². The van der Waals surface area contributed by atoms with Gasteiger partial charge in [-0.3, -0.25) is 14.5 Å². The van der Waals surface area contributed by atoms with Crippen LogP contribution < -0.4 is 5.32 Å². The van der Waals surface area contributed by atoms with E-state index in [0.29, 0.717) is 36.1 Å². The smallest absolute Gasteiger partial charge is 0.253 e. The molecule has 2 fully saturated rings. The summed E-state index contributed by atoms with van der Waals surface area (Å²) in [6, 6.07) is 15.2. The Labute approximate surface area is 195 Å². The molecule has 0 bridgehead atoms. The van der Waals surface area contributed by atoms with Crippen molar-refractivity contribution in [3.05, 3.63) is 70.2 Å². The summed E-state index contributed by atoms with van der Waals surface area (Å²) in [6.45, 7) is 5.33. The minimum atomic E-state index is -0.116. The molecule has 1 N–H and O–H groups in total.